The van der Waals surface area contributed by atoms with Crippen molar-refractivity contribution in [3.05, 3.63) is 29.8 Å². The van der Waals surface area contributed by atoms with Crippen LogP contribution < -0.4 is 4.90 Å². The maximum absolute atomic E-state index is 12.5. The molecule has 2 atom stereocenters. The van der Waals surface area contributed by atoms with Crippen LogP contribution in [0.4, 0.5) is 5.69 Å². The van der Waals surface area contributed by atoms with E-state index in [1.54, 1.807) is 23.1 Å². The van der Waals surface area contributed by atoms with Gasteiger partial charge in [-0.05, 0) is 26.1 Å². The lowest BCUT2D eigenvalue weighted by Crippen LogP contribution is -2.61. The normalized spacial score (nSPS) is 24.3. The lowest BCUT2D eigenvalue weighted by molar-refractivity contribution is -0.127. The SMILES string of the molecule is CC1CN(C)C(CO)C(=O)N1c1ccccc1C#N. The molecule has 0 aromatic heterocycles. The number of piperazine rings is 1. The average Bonchev–Trinajstić information content (AvgIpc) is 2.39. The first-order valence-corrected chi connectivity index (χ1v) is 6.23. The summed E-state index contributed by atoms with van der Waals surface area (Å²) in [5.41, 5.74) is 1.10. The van der Waals surface area contributed by atoms with Gasteiger partial charge in [-0.1, -0.05) is 12.1 Å². The van der Waals surface area contributed by atoms with E-state index >= 15 is 0 Å². The zero-order chi connectivity index (χ0) is 14.0. The van der Waals surface area contributed by atoms with Crippen molar-refractivity contribution in [2.75, 3.05) is 25.1 Å². The molecule has 0 radical (unpaired) electrons. The summed E-state index contributed by atoms with van der Waals surface area (Å²) in [5.74, 6) is -0.161. The molecular weight excluding hydrogens is 242 g/mol. The summed E-state index contributed by atoms with van der Waals surface area (Å²) in [6.45, 7) is 2.39. The van der Waals surface area contributed by atoms with Gasteiger partial charge in [0.1, 0.15) is 12.1 Å². The molecule has 19 heavy (non-hydrogen) atoms. The molecule has 0 bridgehead atoms. The molecule has 100 valence electrons. The first kappa shape index (κ1) is 13.5. The van der Waals surface area contributed by atoms with Crippen molar-refractivity contribution < 1.29 is 9.90 Å². The van der Waals surface area contributed by atoms with Gasteiger partial charge in [-0.15, -0.1) is 0 Å². The second-order valence-corrected chi connectivity index (χ2v) is 4.82. The lowest BCUT2D eigenvalue weighted by Gasteiger charge is -2.42. The Balaban J connectivity index is 2.43. The fourth-order valence-corrected chi connectivity index (χ4v) is 2.54. The van der Waals surface area contributed by atoms with Gasteiger partial charge in [0.05, 0.1) is 17.9 Å². The Hall–Kier alpha value is -1.90. The van der Waals surface area contributed by atoms with E-state index in [2.05, 4.69) is 6.07 Å². The summed E-state index contributed by atoms with van der Waals surface area (Å²) in [7, 11) is 1.82. The minimum atomic E-state index is -0.539. The second-order valence-electron chi connectivity index (χ2n) is 4.82. The number of anilines is 1. The highest BCUT2D eigenvalue weighted by atomic mass is 16.3. The van der Waals surface area contributed by atoms with Gasteiger partial charge < -0.3 is 10.0 Å². The van der Waals surface area contributed by atoms with Crippen molar-refractivity contribution in [1.82, 2.24) is 4.90 Å². The first-order chi connectivity index (χ1) is 9.10. The summed E-state index contributed by atoms with van der Waals surface area (Å²) in [4.78, 5) is 15.9. The Labute approximate surface area is 112 Å². The maximum Gasteiger partial charge on any atom is 0.247 e. The average molecular weight is 259 g/mol. The molecule has 2 rings (SSSR count). The van der Waals surface area contributed by atoms with E-state index in [1.807, 2.05) is 24.9 Å². The third-order valence-electron chi connectivity index (χ3n) is 3.50. The highest BCUT2D eigenvalue weighted by molar-refractivity contribution is 5.99. The smallest absolute Gasteiger partial charge is 0.247 e. The van der Waals surface area contributed by atoms with Gasteiger partial charge in [0.15, 0.2) is 0 Å². The number of aliphatic hydroxyl groups excluding tert-OH is 1. The van der Waals surface area contributed by atoms with E-state index in [0.717, 1.165) is 0 Å². The predicted octanol–water partition coefficient (Wildman–Crippen LogP) is 0.586. The molecule has 1 fully saturated rings. The Kier molecular flexibility index (Phi) is 3.84. The maximum atomic E-state index is 12.5. The quantitative estimate of drug-likeness (QED) is 0.844. The second kappa shape index (κ2) is 5.39. The van der Waals surface area contributed by atoms with E-state index in [4.69, 9.17) is 5.26 Å². The number of carbonyl (C=O) groups is 1. The standard InChI is InChI=1S/C14H17N3O2/c1-10-8-16(2)13(9-18)14(19)17(10)12-6-4-3-5-11(12)7-15/h3-6,10,13,18H,8-9H2,1-2H3. The van der Waals surface area contributed by atoms with E-state index in [0.29, 0.717) is 17.8 Å². The van der Waals surface area contributed by atoms with Gasteiger partial charge in [0, 0.05) is 12.6 Å². The molecule has 1 aromatic rings. The molecule has 1 amide bonds. The van der Waals surface area contributed by atoms with E-state index in [-0.39, 0.29) is 18.6 Å². The lowest BCUT2D eigenvalue weighted by atomic mass is 10.0. The molecule has 0 aliphatic carbocycles. The van der Waals surface area contributed by atoms with Crippen LogP contribution in [-0.4, -0.2) is 48.2 Å². The molecule has 1 N–H and O–H groups in total. The van der Waals surface area contributed by atoms with Crippen LogP contribution in [0.5, 0.6) is 0 Å². The Bertz CT molecular complexity index is 524. The van der Waals surface area contributed by atoms with Crippen LogP contribution in [0.15, 0.2) is 24.3 Å². The minimum absolute atomic E-state index is 0.0326. The number of carbonyl (C=O) groups excluding carboxylic acids is 1. The summed E-state index contributed by atoms with van der Waals surface area (Å²) >= 11 is 0. The molecule has 1 aromatic carbocycles. The van der Waals surface area contributed by atoms with Crippen LogP contribution in [0, 0.1) is 11.3 Å². The van der Waals surface area contributed by atoms with Crippen LogP contribution in [0.25, 0.3) is 0 Å². The predicted molar refractivity (Wildman–Crippen MR) is 71.6 cm³/mol. The third kappa shape index (κ3) is 2.33. The zero-order valence-electron chi connectivity index (χ0n) is 11.1. The molecule has 5 heteroatoms. The van der Waals surface area contributed by atoms with Crippen LogP contribution in [0.3, 0.4) is 0 Å². The van der Waals surface area contributed by atoms with Gasteiger partial charge in [-0.25, -0.2) is 0 Å². The molecule has 5 nitrogen and oxygen atoms in total. The van der Waals surface area contributed by atoms with Gasteiger partial charge in [-0.2, -0.15) is 5.26 Å². The van der Waals surface area contributed by atoms with Crippen LogP contribution >= 0.6 is 0 Å². The number of para-hydroxylation sites is 1. The Morgan fingerprint density at radius 2 is 2.16 bits per heavy atom. The topological polar surface area (TPSA) is 67.6 Å². The summed E-state index contributed by atoms with van der Waals surface area (Å²) in [6, 6.07) is 8.59. The van der Waals surface area contributed by atoms with Gasteiger partial charge >= 0.3 is 0 Å². The molecule has 1 saturated heterocycles. The monoisotopic (exact) mass is 259 g/mol. The van der Waals surface area contributed by atoms with Crippen LogP contribution in [-0.2, 0) is 4.79 Å². The van der Waals surface area contributed by atoms with E-state index in [1.165, 1.54) is 0 Å². The van der Waals surface area contributed by atoms with Crippen molar-refractivity contribution in [3.63, 3.8) is 0 Å². The summed E-state index contributed by atoms with van der Waals surface area (Å²) in [5, 5.41) is 18.5. The number of hydrogen-bond acceptors (Lipinski definition) is 4. The Morgan fingerprint density at radius 1 is 1.47 bits per heavy atom. The summed E-state index contributed by atoms with van der Waals surface area (Å²) in [6.07, 6.45) is 0. The number of amides is 1. The van der Waals surface area contributed by atoms with Gasteiger partial charge in [0.2, 0.25) is 5.91 Å². The van der Waals surface area contributed by atoms with E-state index < -0.39 is 6.04 Å². The number of rotatable bonds is 2. The highest BCUT2D eigenvalue weighted by Crippen LogP contribution is 2.26. The largest absolute Gasteiger partial charge is 0.394 e. The highest BCUT2D eigenvalue weighted by Gasteiger charge is 2.37. The molecule has 0 spiro atoms. The number of nitriles is 1. The number of likely N-dealkylation sites (N-methyl/N-ethyl adjacent to an activating group) is 1. The minimum Gasteiger partial charge on any atom is -0.394 e. The van der Waals surface area contributed by atoms with Crippen LogP contribution in [0.2, 0.25) is 0 Å². The molecule has 1 aliphatic heterocycles. The molecule has 0 saturated carbocycles. The van der Waals surface area contributed by atoms with Crippen molar-refractivity contribution in [1.29, 1.82) is 5.26 Å². The first-order valence-electron chi connectivity index (χ1n) is 6.23. The van der Waals surface area contributed by atoms with Crippen molar-refractivity contribution in [2.24, 2.45) is 0 Å². The number of hydrogen-bond donors (Lipinski definition) is 1. The molecular formula is C14H17N3O2. The van der Waals surface area contributed by atoms with Crippen molar-refractivity contribution in [2.45, 2.75) is 19.0 Å². The Morgan fingerprint density at radius 3 is 2.79 bits per heavy atom. The van der Waals surface area contributed by atoms with Crippen molar-refractivity contribution in [3.8, 4) is 6.07 Å². The molecule has 1 aliphatic rings. The number of aliphatic hydroxyl groups is 1. The van der Waals surface area contributed by atoms with E-state index in [9.17, 15) is 9.90 Å². The summed E-state index contributed by atoms with van der Waals surface area (Å²) < 4.78 is 0. The molecule has 1 heterocycles. The van der Waals surface area contributed by atoms with Crippen molar-refractivity contribution >= 4 is 11.6 Å². The number of benzene rings is 1. The fourth-order valence-electron chi connectivity index (χ4n) is 2.54. The third-order valence-corrected chi connectivity index (χ3v) is 3.50. The number of nitrogens with zero attached hydrogens (tertiary/aromatic N) is 3. The zero-order valence-corrected chi connectivity index (χ0v) is 11.1. The van der Waals surface area contributed by atoms with Crippen LogP contribution in [0.1, 0.15) is 12.5 Å². The molecule has 2 unspecified atom stereocenters. The van der Waals surface area contributed by atoms with Gasteiger partial charge in [0.25, 0.3) is 0 Å². The van der Waals surface area contributed by atoms with Gasteiger partial charge in [-0.3, -0.25) is 9.69 Å². The fraction of sp³-hybridized carbons (Fsp3) is 0.429.